The smallest absolute Gasteiger partial charge is 0.405 e. The standard InChI is InChI=1S/C35H46F2O6S2/c1-8-10-24-41-34(7,42-25-11-9-2)28-14-20-31(21-15-28)44(30-18-12-27(13-19-30)33(4,5)6)32-22-16-29(17-23-32)43-26(3)35(36,37)45(38,39)40/h12-23,26H,8-11,24-25H2,1-7H3/p+1. The zero-order chi connectivity index (χ0) is 33.5. The van der Waals surface area contributed by atoms with Gasteiger partial charge in [-0.25, -0.2) is 0 Å². The van der Waals surface area contributed by atoms with Crippen LogP contribution in [0.25, 0.3) is 0 Å². The first-order valence-corrected chi connectivity index (χ1v) is 18.0. The van der Waals surface area contributed by atoms with Crippen LogP contribution in [0.5, 0.6) is 5.75 Å². The normalized spacial score (nSPS) is 14.3. The fourth-order valence-corrected chi connectivity index (χ4v) is 7.07. The Balaban J connectivity index is 1.99. The highest BCUT2D eigenvalue weighted by atomic mass is 32.2. The fraction of sp³-hybridized carbons (Fsp3) is 0.486. The quantitative estimate of drug-likeness (QED) is 0.0711. The number of rotatable bonds is 16. The van der Waals surface area contributed by atoms with Crippen molar-refractivity contribution in [3.63, 3.8) is 0 Å². The molecular formula is C35H47F2O6S2+. The van der Waals surface area contributed by atoms with Gasteiger partial charge in [-0.3, -0.25) is 4.55 Å². The molecule has 3 aromatic carbocycles. The van der Waals surface area contributed by atoms with E-state index in [0.29, 0.717) is 13.2 Å². The summed E-state index contributed by atoms with van der Waals surface area (Å²) in [6.45, 7) is 14.8. The molecule has 0 aromatic heterocycles. The van der Waals surface area contributed by atoms with Crippen LogP contribution < -0.4 is 4.74 Å². The topological polar surface area (TPSA) is 82.1 Å². The summed E-state index contributed by atoms with van der Waals surface area (Å²) in [4.78, 5) is 3.01. The average Bonchev–Trinajstić information content (AvgIpc) is 2.98. The number of alkyl halides is 2. The van der Waals surface area contributed by atoms with E-state index in [1.165, 1.54) is 17.7 Å². The van der Waals surface area contributed by atoms with Crippen molar-refractivity contribution < 1.29 is 36.0 Å². The van der Waals surface area contributed by atoms with Gasteiger partial charge < -0.3 is 14.2 Å². The Kier molecular flexibility index (Phi) is 12.6. The highest BCUT2D eigenvalue weighted by Gasteiger charge is 2.51. The van der Waals surface area contributed by atoms with Crippen molar-refractivity contribution in [3.05, 3.63) is 83.9 Å². The number of hydrogen-bond donors (Lipinski definition) is 1. The lowest BCUT2D eigenvalue weighted by atomic mass is 9.87. The van der Waals surface area contributed by atoms with Crippen molar-refractivity contribution in [1.82, 2.24) is 0 Å². The molecule has 10 heteroatoms. The average molecular weight is 666 g/mol. The molecule has 2 unspecified atom stereocenters. The lowest BCUT2D eigenvalue weighted by Crippen LogP contribution is -2.42. The molecule has 0 saturated carbocycles. The number of halogens is 2. The second-order valence-electron chi connectivity index (χ2n) is 12.2. The molecule has 0 amide bonds. The second kappa shape index (κ2) is 15.4. The van der Waals surface area contributed by atoms with Gasteiger partial charge in [0.15, 0.2) is 26.6 Å². The molecule has 0 spiro atoms. The number of hydrogen-bond acceptors (Lipinski definition) is 5. The second-order valence-corrected chi connectivity index (χ2v) is 15.7. The first-order chi connectivity index (χ1) is 21.0. The van der Waals surface area contributed by atoms with Crippen molar-refractivity contribution in [2.75, 3.05) is 13.2 Å². The van der Waals surface area contributed by atoms with Gasteiger partial charge in [0, 0.05) is 5.56 Å². The van der Waals surface area contributed by atoms with Crippen molar-refractivity contribution in [2.24, 2.45) is 0 Å². The molecule has 0 heterocycles. The number of ether oxygens (including phenoxy) is 3. The lowest BCUT2D eigenvalue weighted by molar-refractivity contribution is -0.235. The van der Waals surface area contributed by atoms with Crippen molar-refractivity contribution in [1.29, 1.82) is 0 Å². The maximum Gasteiger partial charge on any atom is 0.405 e. The van der Waals surface area contributed by atoms with Gasteiger partial charge in [-0.05, 0) is 98.3 Å². The van der Waals surface area contributed by atoms with Crippen molar-refractivity contribution in [3.8, 4) is 5.75 Å². The predicted octanol–water partition coefficient (Wildman–Crippen LogP) is 9.13. The summed E-state index contributed by atoms with van der Waals surface area (Å²) >= 11 is 0. The van der Waals surface area contributed by atoms with Crippen LogP contribution in [0.1, 0.15) is 85.3 Å². The molecule has 6 nitrogen and oxygen atoms in total. The van der Waals surface area contributed by atoms with E-state index in [2.05, 4.69) is 71.0 Å². The molecule has 0 aliphatic carbocycles. The summed E-state index contributed by atoms with van der Waals surface area (Å²) in [5, 5.41) is -4.46. The van der Waals surface area contributed by atoms with E-state index in [9.17, 15) is 17.2 Å². The zero-order valence-electron chi connectivity index (χ0n) is 27.3. The third-order valence-electron chi connectivity index (χ3n) is 7.51. The van der Waals surface area contributed by atoms with Gasteiger partial charge in [0.25, 0.3) is 0 Å². The Labute approximate surface area is 270 Å². The van der Waals surface area contributed by atoms with Crippen LogP contribution in [0.15, 0.2) is 87.5 Å². The summed E-state index contributed by atoms with van der Waals surface area (Å²) in [6.07, 6.45) is 1.82. The predicted molar refractivity (Wildman–Crippen MR) is 176 cm³/mol. The Bertz CT molecular complexity index is 1440. The molecule has 45 heavy (non-hydrogen) atoms. The maximum absolute atomic E-state index is 14.1. The third kappa shape index (κ3) is 9.51. The molecule has 0 radical (unpaired) electrons. The van der Waals surface area contributed by atoms with E-state index in [0.717, 1.165) is 52.9 Å². The molecule has 3 aromatic rings. The van der Waals surface area contributed by atoms with Crippen LogP contribution in [0.3, 0.4) is 0 Å². The molecule has 1 N–H and O–H groups in total. The SMILES string of the molecule is CCCCOC(C)(OCCCC)c1ccc([S+](c2ccc(OC(C)C(F)(F)S(=O)(=O)O)cc2)c2ccc(C(C)(C)C)cc2)cc1. The van der Waals surface area contributed by atoms with Crippen LogP contribution in [0.4, 0.5) is 8.78 Å². The van der Waals surface area contributed by atoms with Gasteiger partial charge in [0.1, 0.15) is 5.75 Å². The largest absolute Gasteiger partial charge is 0.483 e. The Hall–Kier alpha value is -2.50. The Morgan fingerprint density at radius 2 is 1.13 bits per heavy atom. The van der Waals surface area contributed by atoms with Crippen molar-refractivity contribution >= 4 is 21.0 Å². The maximum atomic E-state index is 14.1. The lowest BCUT2D eigenvalue weighted by Gasteiger charge is -2.30. The molecule has 248 valence electrons. The molecule has 0 fully saturated rings. The molecule has 0 aliphatic rings. The summed E-state index contributed by atoms with van der Waals surface area (Å²) in [5.41, 5.74) is 2.10. The van der Waals surface area contributed by atoms with E-state index in [-0.39, 0.29) is 11.2 Å². The van der Waals surface area contributed by atoms with E-state index in [4.69, 9.17) is 18.8 Å². The highest BCUT2D eigenvalue weighted by molar-refractivity contribution is 7.97. The van der Waals surface area contributed by atoms with E-state index in [1.54, 1.807) is 12.1 Å². The van der Waals surface area contributed by atoms with Gasteiger partial charge in [0.05, 0.1) is 24.1 Å². The minimum atomic E-state index is -5.63. The van der Waals surface area contributed by atoms with E-state index in [1.807, 2.05) is 19.1 Å². The minimum absolute atomic E-state index is 0.0153. The summed E-state index contributed by atoms with van der Waals surface area (Å²) in [5.74, 6) is -0.823. The van der Waals surface area contributed by atoms with Crippen LogP contribution in [0, 0.1) is 0 Å². The molecular weight excluding hydrogens is 619 g/mol. The summed E-state index contributed by atoms with van der Waals surface area (Å²) < 4.78 is 77.2. The summed E-state index contributed by atoms with van der Waals surface area (Å²) in [6, 6.07) is 23.3. The van der Waals surface area contributed by atoms with Crippen LogP contribution in [-0.2, 0) is 41.7 Å². The van der Waals surface area contributed by atoms with Crippen LogP contribution in [0.2, 0.25) is 0 Å². The number of benzene rings is 3. The summed E-state index contributed by atoms with van der Waals surface area (Å²) in [7, 11) is -6.20. The van der Waals surface area contributed by atoms with Gasteiger partial charge >= 0.3 is 15.4 Å². The first-order valence-electron chi connectivity index (χ1n) is 15.4. The van der Waals surface area contributed by atoms with E-state index < -0.39 is 38.2 Å². The van der Waals surface area contributed by atoms with Crippen LogP contribution in [-0.4, -0.2) is 37.5 Å². The van der Waals surface area contributed by atoms with Gasteiger partial charge in [-0.2, -0.15) is 17.2 Å². The number of unbranched alkanes of at least 4 members (excludes halogenated alkanes) is 2. The zero-order valence-corrected chi connectivity index (χ0v) is 28.9. The molecule has 2 atom stereocenters. The molecule has 0 saturated heterocycles. The third-order valence-corrected chi connectivity index (χ3v) is 10.8. The van der Waals surface area contributed by atoms with Crippen LogP contribution >= 0.6 is 0 Å². The molecule has 0 bridgehead atoms. The Morgan fingerprint density at radius 3 is 1.51 bits per heavy atom. The van der Waals surface area contributed by atoms with Crippen molar-refractivity contribution in [2.45, 2.75) is 111 Å². The fourth-order valence-electron chi connectivity index (χ4n) is 4.56. The highest BCUT2D eigenvalue weighted by Crippen LogP contribution is 2.36. The Morgan fingerprint density at radius 1 is 0.733 bits per heavy atom. The minimum Gasteiger partial charge on any atom is -0.483 e. The van der Waals surface area contributed by atoms with Gasteiger partial charge in [-0.15, -0.1) is 0 Å². The molecule has 3 rings (SSSR count). The molecule has 0 aliphatic heterocycles. The first kappa shape index (κ1) is 37.0. The van der Waals surface area contributed by atoms with Gasteiger partial charge in [0.2, 0.25) is 0 Å². The monoisotopic (exact) mass is 665 g/mol. The van der Waals surface area contributed by atoms with E-state index >= 15 is 0 Å². The van der Waals surface area contributed by atoms with Gasteiger partial charge in [-0.1, -0.05) is 59.6 Å².